The Kier molecular flexibility index (Phi) is 3.26. The molecule has 0 saturated heterocycles. The lowest BCUT2D eigenvalue weighted by Gasteiger charge is -2.07. The molecule has 4 heteroatoms. The molecule has 0 aliphatic heterocycles. The Balaban J connectivity index is 2.49. The summed E-state index contributed by atoms with van der Waals surface area (Å²) >= 11 is 5.84. The van der Waals surface area contributed by atoms with Gasteiger partial charge >= 0.3 is 0 Å². The highest BCUT2D eigenvalue weighted by Gasteiger charge is 2.16. The molecule has 0 aliphatic carbocycles. The third kappa shape index (κ3) is 2.31. The first-order chi connectivity index (χ1) is 8.49. The van der Waals surface area contributed by atoms with E-state index >= 15 is 0 Å². The van der Waals surface area contributed by atoms with Crippen molar-refractivity contribution < 1.29 is 9.90 Å². The topological polar surface area (TPSA) is 63.3 Å². The Bertz CT molecular complexity index is 606. The van der Waals surface area contributed by atoms with Crippen LogP contribution in [0.15, 0.2) is 36.4 Å². The lowest BCUT2D eigenvalue weighted by Crippen LogP contribution is -2.03. The van der Waals surface area contributed by atoms with Crippen LogP contribution < -0.4 is 5.73 Å². The van der Waals surface area contributed by atoms with Gasteiger partial charge in [0.2, 0.25) is 0 Å². The van der Waals surface area contributed by atoms with Crippen molar-refractivity contribution in [3.8, 4) is 5.75 Å². The first-order valence-electron chi connectivity index (χ1n) is 5.38. The highest BCUT2D eigenvalue weighted by Crippen LogP contribution is 2.30. The second-order valence-electron chi connectivity index (χ2n) is 4.09. The number of carbonyl (C=O) groups is 1. The summed E-state index contributed by atoms with van der Waals surface area (Å²) in [6.07, 6.45) is 0. The number of hydrogen-bond acceptors (Lipinski definition) is 3. The van der Waals surface area contributed by atoms with Crippen LogP contribution in [0.5, 0.6) is 5.75 Å². The number of hydrogen-bond donors (Lipinski definition) is 2. The van der Waals surface area contributed by atoms with Crippen molar-refractivity contribution in [1.29, 1.82) is 0 Å². The largest absolute Gasteiger partial charge is 0.505 e. The molecular weight excluding hydrogens is 250 g/mol. The summed E-state index contributed by atoms with van der Waals surface area (Å²) in [5, 5.41) is 10.1. The number of benzene rings is 2. The van der Waals surface area contributed by atoms with Gasteiger partial charge in [0.05, 0.1) is 11.3 Å². The Morgan fingerprint density at radius 3 is 2.44 bits per heavy atom. The van der Waals surface area contributed by atoms with E-state index in [1.807, 2.05) is 19.1 Å². The molecule has 0 amide bonds. The Labute approximate surface area is 110 Å². The molecule has 18 heavy (non-hydrogen) atoms. The maximum absolute atomic E-state index is 12.2. The van der Waals surface area contributed by atoms with Gasteiger partial charge in [-0.3, -0.25) is 4.79 Å². The number of nitrogen functional groups attached to an aromatic ring is 1. The average molecular weight is 262 g/mol. The summed E-state index contributed by atoms with van der Waals surface area (Å²) in [6.45, 7) is 1.93. The van der Waals surface area contributed by atoms with Crippen LogP contribution in [-0.2, 0) is 0 Å². The third-order valence-corrected chi connectivity index (χ3v) is 2.88. The van der Waals surface area contributed by atoms with Crippen molar-refractivity contribution in [2.45, 2.75) is 6.92 Å². The molecule has 0 unspecified atom stereocenters. The van der Waals surface area contributed by atoms with Gasteiger partial charge in [0.1, 0.15) is 5.75 Å². The maximum Gasteiger partial charge on any atom is 0.196 e. The van der Waals surface area contributed by atoms with Gasteiger partial charge in [0, 0.05) is 10.6 Å². The van der Waals surface area contributed by atoms with Crippen molar-refractivity contribution in [2.75, 3.05) is 5.73 Å². The molecule has 0 fully saturated rings. The van der Waals surface area contributed by atoms with Crippen LogP contribution >= 0.6 is 11.6 Å². The van der Waals surface area contributed by atoms with Gasteiger partial charge in [-0.05, 0) is 19.1 Å². The van der Waals surface area contributed by atoms with E-state index in [2.05, 4.69) is 0 Å². The van der Waals surface area contributed by atoms with Gasteiger partial charge in [0.15, 0.2) is 5.78 Å². The molecule has 0 saturated carbocycles. The molecule has 0 atom stereocenters. The van der Waals surface area contributed by atoms with Gasteiger partial charge in [-0.15, -0.1) is 0 Å². The van der Waals surface area contributed by atoms with E-state index in [0.717, 1.165) is 5.56 Å². The van der Waals surface area contributed by atoms with Crippen LogP contribution in [-0.4, -0.2) is 10.9 Å². The molecule has 92 valence electrons. The third-order valence-electron chi connectivity index (χ3n) is 2.66. The van der Waals surface area contributed by atoms with Gasteiger partial charge in [-0.1, -0.05) is 41.4 Å². The number of nitrogens with two attached hydrogens (primary N) is 1. The summed E-state index contributed by atoms with van der Waals surface area (Å²) in [4.78, 5) is 12.2. The number of aromatic hydroxyl groups is 1. The molecule has 0 heterocycles. The second-order valence-corrected chi connectivity index (χ2v) is 4.52. The minimum Gasteiger partial charge on any atom is -0.505 e. The summed E-state index contributed by atoms with van der Waals surface area (Å²) in [6, 6.07) is 9.89. The molecule has 0 spiro atoms. The molecule has 0 aliphatic rings. The summed E-state index contributed by atoms with van der Waals surface area (Å²) < 4.78 is 0. The normalized spacial score (nSPS) is 10.3. The van der Waals surface area contributed by atoms with Crippen molar-refractivity contribution in [3.63, 3.8) is 0 Å². The first-order valence-corrected chi connectivity index (χ1v) is 5.76. The number of phenolic OH excluding ortho intramolecular Hbond substituents is 1. The minimum atomic E-state index is -0.304. The molecule has 0 aromatic heterocycles. The zero-order valence-electron chi connectivity index (χ0n) is 9.77. The number of phenols is 1. The highest BCUT2D eigenvalue weighted by molar-refractivity contribution is 6.31. The van der Waals surface area contributed by atoms with Crippen LogP contribution in [0.1, 0.15) is 21.5 Å². The van der Waals surface area contributed by atoms with Gasteiger partial charge in [-0.2, -0.15) is 0 Å². The van der Waals surface area contributed by atoms with Crippen molar-refractivity contribution >= 4 is 23.1 Å². The van der Waals surface area contributed by atoms with Crippen LogP contribution in [0.4, 0.5) is 5.69 Å². The number of halogens is 1. The van der Waals surface area contributed by atoms with Gasteiger partial charge in [0.25, 0.3) is 0 Å². The average Bonchev–Trinajstić information content (AvgIpc) is 2.34. The number of aryl methyl sites for hydroxylation is 1. The van der Waals surface area contributed by atoms with E-state index in [-0.39, 0.29) is 22.8 Å². The lowest BCUT2D eigenvalue weighted by atomic mass is 10.0. The Morgan fingerprint density at radius 1 is 1.22 bits per heavy atom. The quantitative estimate of drug-likeness (QED) is 0.496. The Morgan fingerprint density at radius 2 is 1.83 bits per heavy atom. The van der Waals surface area contributed by atoms with Crippen molar-refractivity contribution in [1.82, 2.24) is 0 Å². The lowest BCUT2D eigenvalue weighted by molar-refractivity contribution is 0.103. The molecule has 2 aromatic rings. The smallest absolute Gasteiger partial charge is 0.196 e. The fourth-order valence-corrected chi connectivity index (χ4v) is 1.88. The standard InChI is InChI=1S/C14H12ClNO2/c1-8-2-4-9(5-3-8)13(17)11-6-10(15)7-12(16)14(11)18/h2-7,18H,16H2,1H3. The monoisotopic (exact) mass is 261 g/mol. The van der Waals surface area contributed by atoms with E-state index < -0.39 is 0 Å². The molecular formula is C14H12ClNO2. The predicted octanol–water partition coefficient (Wildman–Crippen LogP) is 3.17. The second kappa shape index (κ2) is 4.70. The summed E-state index contributed by atoms with van der Waals surface area (Å²) in [7, 11) is 0. The van der Waals surface area contributed by atoms with Crippen LogP contribution in [0.3, 0.4) is 0 Å². The first kappa shape index (κ1) is 12.5. The highest BCUT2D eigenvalue weighted by atomic mass is 35.5. The predicted molar refractivity (Wildman–Crippen MR) is 72.1 cm³/mol. The minimum absolute atomic E-state index is 0.0953. The van der Waals surface area contributed by atoms with E-state index in [1.165, 1.54) is 12.1 Å². The molecule has 3 N–H and O–H groups in total. The zero-order chi connectivity index (χ0) is 13.3. The van der Waals surface area contributed by atoms with Crippen molar-refractivity contribution in [2.24, 2.45) is 0 Å². The van der Waals surface area contributed by atoms with E-state index in [1.54, 1.807) is 12.1 Å². The van der Waals surface area contributed by atoms with E-state index in [9.17, 15) is 9.90 Å². The summed E-state index contributed by atoms with van der Waals surface area (Å²) in [5.41, 5.74) is 7.33. The summed E-state index contributed by atoms with van der Waals surface area (Å²) in [5.74, 6) is -0.535. The molecule has 2 aromatic carbocycles. The number of ketones is 1. The van der Waals surface area contributed by atoms with Crippen LogP contribution in [0.25, 0.3) is 0 Å². The number of anilines is 1. The maximum atomic E-state index is 12.2. The van der Waals surface area contributed by atoms with Gasteiger partial charge < -0.3 is 10.8 Å². The SMILES string of the molecule is Cc1ccc(C(=O)c2cc(Cl)cc(N)c2O)cc1. The van der Waals surface area contributed by atoms with Crippen LogP contribution in [0, 0.1) is 6.92 Å². The molecule has 2 rings (SSSR count). The fraction of sp³-hybridized carbons (Fsp3) is 0.0714. The van der Waals surface area contributed by atoms with Crippen LogP contribution in [0.2, 0.25) is 5.02 Å². The molecule has 3 nitrogen and oxygen atoms in total. The number of carbonyl (C=O) groups excluding carboxylic acids is 1. The Hall–Kier alpha value is -2.00. The zero-order valence-corrected chi connectivity index (χ0v) is 10.5. The van der Waals surface area contributed by atoms with E-state index in [4.69, 9.17) is 17.3 Å². The van der Waals surface area contributed by atoms with Gasteiger partial charge in [-0.25, -0.2) is 0 Å². The fourth-order valence-electron chi connectivity index (χ4n) is 1.65. The molecule has 0 bridgehead atoms. The van der Waals surface area contributed by atoms with E-state index in [0.29, 0.717) is 10.6 Å². The number of rotatable bonds is 2. The molecule has 0 radical (unpaired) electrons. The van der Waals surface area contributed by atoms with Crippen molar-refractivity contribution in [3.05, 3.63) is 58.1 Å².